The van der Waals surface area contributed by atoms with Crippen LogP contribution in [-0.4, -0.2) is 91.6 Å². The molecule has 3 heterocycles. The topological polar surface area (TPSA) is 161 Å². The molecule has 0 N–H and O–H groups in total. The van der Waals surface area contributed by atoms with E-state index in [2.05, 4.69) is 26.0 Å². The number of allylic oxidation sites excluding steroid dienone is 2. The van der Waals surface area contributed by atoms with Crippen molar-refractivity contribution in [2.24, 2.45) is 5.41 Å². The van der Waals surface area contributed by atoms with Crippen LogP contribution in [0, 0.1) is 15.5 Å². The minimum absolute atomic E-state index is 0.0492. The maximum absolute atomic E-state index is 14.3. The number of para-hydroxylation sites is 1. The quantitative estimate of drug-likeness (QED) is 0.159. The van der Waals surface area contributed by atoms with Crippen LogP contribution in [-0.2, 0) is 24.8 Å². The van der Waals surface area contributed by atoms with Gasteiger partial charge in [0.05, 0.1) is 9.82 Å². The molecule has 0 aromatic heterocycles. The minimum Gasteiger partial charge on any atom is -0.415 e. The summed E-state index contributed by atoms with van der Waals surface area (Å²) in [5.41, 5.74) is 1.52. The maximum atomic E-state index is 14.3. The average Bonchev–Trinajstić information content (AvgIpc) is 3.08. The van der Waals surface area contributed by atoms with Crippen molar-refractivity contribution in [2.75, 3.05) is 32.8 Å². The molecule has 13 nitrogen and oxygen atoms in total. The lowest BCUT2D eigenvalue weighted by Crippen LogP contribution is -2.69. The highest BCUT2D eigenvalue weighted by atomic mass is 32.2. The summed E-state index contributed by atoms with van der Waals surface area (Å²) in [5.74, 6) is -0.161. The summed E-state index contributed by atoms with van der Waals surface area (Å²) in [6.45, 7) is 6.19. The van der Waals surface area contributed by atoms with Gasteiger partial charge in [-0.1, -0.05) is 44.2 Å². The first-order valence-electron chi connectivity index (χ1n) is 16.4. The average molecular weight is 714 g/mol. The maximum Gasteiger partial charge on any atom is 0.522 e. The summed E-state index contributed by atoms with van der Waals surface area (Å²) in [5, 5.41) is 11.7. The molecular weight excluding hydrogens is 673 g/mol. The highest BCUT2D eigenvalue weighted by Gasteiger charge is 2.60. The summed E-state index contributed by atoms with van der Waals surface area (Å²) in [4.78, 5) is 36.6. The van der Waals surface area contributed by atoms with E-state index in [1.165, 1.54) is 64.1 Å². The summed E-state index contributed by atoms with van der Waals surface area (Å²) < 4.78 is 63.0. The predicted molar refractivity (Wildman–Crippen MR) is 179 cm³/mol. The molecule has 2 aromatic carbocycles. The third-order valence-electron chi connectivity index (χ3n) is 10.3. The van der Waals surface area contributed by atoms with E-state index in [1.807, 2.05) is 0 Å². The first-order chi connectivity index (χ1) is 23.1. The van der Waals surface area contributed by atoms with Crippen LogP contribution in [0.2, 0.25) is 0 Å². The molecule has 0 radical (unpaired) electrons. The van der Waals surface area contributed by atoms with Gasteiger partial charge in [0.15, 0.2) is 10.7 Å². The fourth-order valence-corrected chi connectivity index (χ4v) is 11.0. The third kappa shape index (κ3) is 6.16. The molecule has 6 rings (SSSR count). The molecule has 1 atom stereocenters. The molecule has 3 aliphatic heterocycles. The van der Waals surface area contributed by atoms with E-state index in [4.69, 9.17) is 4.74 Å². The monoisotopic (exact) mass is 713 g/mol. The Hall–Kier alpha value is -3.76. The van der Waals surface area contributed by atoms with Gasteiger partial charge in [-0.05, 0) is 43.0 Å². The summed E-state index contributed by atoms with van der Waals surface area (Å²) >= 11 is 0. The molecule has 1 unspecified atom stereocenters. The number of benzene rings is 2. The first-order valence-corrected chi connectivity index (χ1v) is 19.3. The Labute approximate surface area is 286 Å². The van der Waals surface area contributed by atoms with Gasteiger partial charge in [-0.15, -0.1) is 0 Å². The van der Waals surface area contributed by atoms with Crippen LogP contribution >= 0.6 is 0 Å². The van der Waals surface area contributed by atoms with Crippen LogP contribution in [0.3, 0.4) is 0 Å². The van der Waals surface area contributed by atoms with Gasteiger partial charge >= 0.3 is 6.09 Å². The molecule has 3 saturated heterocycles. The first kappa shape index (κ1) is 35.1. The van der Waals surface area contributed by atoms with Crippen LogP contribution in [0.4, 0.5) is 10.5 Å². The van der Waals surface area contributed by atoms with Gasteiger partial charge < -0.3 is 4.74 Å². The van der Waals surface area contributed by atoms with Crippen molar-refractivity contribution in [3.63, 3.8) is 0 Å². The largest absolute Gasteiger partial charge is 0.522 e. The van der Waals surface area contributed by atoms with E-state index in [9.17, 15) is 36.5 Å². The van der Waals surface area contributed by atoms with E-state index in [0.717, 1.165) is 11.3 Å². The van der Waals surface area contributed by atoms with Crippen LogP contribution in [0.15, 0.2) is 81.7 Å². The van der Waals surface area contributed by atoms with Gasteiger partial charge in [0, 0.05) is 69.1 Å². The number of hydrogen-bond donors (Lipinski definition) is 0. The van der Waals surface area contributed by atoms with Crippen molar-refractivity contribution in [1.82, 2.24) is 8.61 Å². The highest BCUT2D eigenvalue weighted by molar-refractivity contribution is 7.89. The van der Waals surface area contributed by atoms with Crippen molar-refractivity contribution >= 4 is 37.6 Å². The number of quaternary nitrogens is 1. The molecule has 1 amide bonds. The van der Waals surface area contributed by atoms with Crippen LogP contribution < -0.4 is 0 Å². The van der Waals surface area contributed by atoms with Crippen LogP contribution in [0.25, 0.3) is 0 Å². The number of carbonyl (C=O) groups is 2. The number of nitro benzene ring substituents is 1. The molecule has 1 aliphatic carbocycles. The van der Waals surface area contributed by atoms with Crippen LogP contribution in [0.1, 0.15) is 63.2 Å². The number of nitro groups is 1. The van der Waals surface area contributed by atoms with Gasteiger partial charge in [0.2, 0.25) is 20.0 Å². The SMILES string of the molecule is CC(=O)c1ccc(S(=O)(=O)N2CCC([N+]3(C4CCN(S(=O)(=O)c5ccccc5[N+](=O)[O-])CC4)C(=O)OCC4=CC(C)(C)CC=C43)CC2)cc1. The van der Waals surface area contributed by atoms with Crippen molar-refractivity contribution in [1.29, 1.82) is 0 Å². The van der Waals surface area contributed by atoms with Gasteiger partial charge in [-0.3, -0.25) is 14.9 Å². The summed E-state index contributed by atoms with van der Waals surface area (Å²) in [6, 6.07) is 10.4. The van der Waals surface area contributed by atoms with Crippen molar-refractivity contribution in [2.45, 2.75) is 74.7 Å². The number of ether oxygens (including phenoxy) is 1. The standard InChI is InChI=1S/C34H41N4O9S2/c1-24(39)25-8-10-29(11-9-25)48(43,44)35-18-13-27(14-19-35)38(31-12-17-34(2,3)22-26(31)23-47-33(38)40)28-15-20-36(21-16-28)49(45,46)32-7-5-4-6-30(32)37(41)42/h4-12,22,27-28H,13-21,23H2,1-3H3/q+1. The Balaban J connectivity index is 1.30. The molecule has 49 heavy (non-hydrogen) atoms. The highest BCUT2D eigenvalue weighted by Crippen LogP contribution is 2.48. The lowest BCUT2D eigenvalue weighted by atomic mass is 9.79. The number of amides is 1. The number of ketones is 1. The molecule has 4 aliphatic rings. The number of piperidine rings is 2. The normalized spacial score (nSPS) is 24.3. The van der Waals surface area contributed by atoms with E-state index in [0.29, 0.717) is 37.7 Å². The summed E-state index contributed by atoms with van der Waals surface area (Å²) in [6.07, 6.45) is 5.82. The fraction of sp³-hybridized carbons (Fsp3) is 0.471. The van der Waals surface area contributed by atoms with E-state index < -0.39 is 36.8 Å². The van der Waals surface area contributed by atoms with E-state index in [-0.39, 0.29) is 70.3 Å². The van der Waals surface area contributed by atoms with Gasteiger partial charge in [0.25, 0.3) is 5.69 Å². The van der Waals surface area contributed by atoms with Gasteiger partial charge in [-0.25, -0.2) is 16.8 Å². The Kier molecular flexibility index (Phi) is 9.20. The lowest BCUT2D eigenvalue weighted by Gasteiger charge is -2.53. The number of rotatable bonds is 8. The number of carbonyl (C=O) groups excluding carboxylic acids is 2. The fourth-order valence-electron chi connectivity index (χ4n) is 7.89. The number of hydrogen-bond acceptors (Lipinski definition) is 9. The third-order valence-corrected chi connectivity index (χ3v) is 14.2. The Morgan fingerprint density at radius 3 is 2.00 bits per heavy atom. The van der Waals surface area contributed by atoms with Gasteiger partial charge in [0.1, 0.15) is 24.4 Å². The lowest BCUT2D eigenvalue weighted by molar-refractivity contribution is -0.875. The Morgan fingerprint density at radius 2 is 1.45 bits per heavy atom. The number of nitrogens with zero attached hydrogens (tertiary/aromatic N) is 4. The minimum atomic E-state index is -4.20. The van der Waals surface area contributed by atoms with Gasteiger partial charge in [-0.2, -0.15) is 17.9 Å². The second-order valence-electron chi connectivity index (χ2n) is 13.9. The number of Topliss-reactive ketones (excluding diaryl/α,β-unsaturated/α-hetero) is 1. The zero-order valence-electron chi connectivity index (χ0n) is 27.8. The molecular formula is C34H41N4O9S2+. The number of fused-ring (bicyclic) bond motifs is 1. The second-order valence-corrected chi connectivity index (χ2v) is 17.7. The summed E-state index contributed by atoms with van der Waals surface area (Å²) in [7, 11) is -8.06. The molecule has 0 saturated carbocycles. The van der Waals surface area contributed by atoms with Crippen molar-refractivity contribution in [3.8, 4) is 0 Å². The zero-order chi connectivity index (χ0) is 35.4. The van der Waals surface area contributed by atoms with Crippen LogP contribution in [0.5, 0.6) is 0 Å². The zero-order valence-corrected chi connectivity index (χ0v) is 29.4. The Bertz CT molecular complexity index is 1960. The molecule has 0 spiro atoms. The number of cyclic esters (lactones) is 1. The molecule has 262 valence electrons. The molecule has 0 bridgehead atoms. The molecule has 2 aromatic rings. The smallest absolute Gasteiger partial charge is 0.415 e. The van der Waals surface area contributed by atoms with E-state index in [1.54, 1.807) is 0 Å². The predicted octanol–water partition coefficient (Wildman–Crippen LogP) is 5.01. The number of sulfonamides is 2. The second kappa shape index (κ2) is 12.8. The Morgan fingerprint density at radius 1 is 0.898 bits per heavy atom. The molecule has 15 heteroatoms. The van der Waals surface area contributed by atoms with Crippen molar-refractivity contribution < 1.29 is 40.6 Å². The van der Waals surface area contributed by atoms with Crippen molar-refractivity contribution in [3.05, 3.63) is 87.6 Å². The molecule has 3 fully saturated rings. The van der Waals surface area contributed by atoms with E-state index >= 15 is 0 Å².